The zero-order valence-electron chi connectivity index (χ0n) is 11.8. The highest BCUT2D eigenvalue weighted by atomic mass is 32.2. The summed E-state index contributed by atoms with van der Waals surface area (Å²) < 4.78 is 39.3. The number of nitro groups is 1. The van der Waals surface area contributed by atoms with E-state index >= 15 is 0 Å². The van der Waals surface area contributed by atoms with Gasteiger partial charge in [-0.3, -0.25) is 10.1 Å². The summed E-state index contributed by atoms with van der Waals surface area (Å²) >= 11 is 0. The number of nitro benzene ring substituents is 1. The Labute approximate surface area is 117 Å². The van der Waals surface area contributed by atoms with Crippen LogP contribution in [0.1, 0.15) is 19.4 Å². The van der Waals surface area contributed by atoms with E-state index in [1.165, 1.54) is 14.0 Å². The second-order valence-corrected chi connectivity index (χ2v) is 7.05. The predicted octanol–water partition coefficient (Wildman–Crippen LogP) is 2.32. The van der Waals surface area contributed by atoms with E-state index in [9.17, 15) is 22.9 Å². The van der Waals surface area contributed by atoms with E-state index in [1.54, 1.807) is 0 Å². The van der Waals surface area contributed by atoms with Crippen molar-refractivity contribution in [2.75, 3.05) is 13.6 Å². The quantitative estimate of drug-likeness (QED) is 0.617. The Balaban J connectivity index is 3.36. The van der Waals surface area contributed by atoms with Crippen LogP contribution in [0.25, 0.3) is 0 Å². The lowest BCUT2D eigenvalue weighted by Gasteiger charge is -2.19. The van der Waals surface area contributed by atoms with Gasteiger partial charge in [-0.1, -0.05) is 13.8 Å². The fourth-order valence-electron chi connectivity index (χ4n) is 1.79. The van der Waals surface area contributed by atoms with Crippen molar-refractivity contribution in [2.24, 2.45) is 5.92 Å². The molecule has 1 rings (SSSR count). The van der Waals surface area contributed by atoms with Crippen molar-refractivity contribution >= 4 is 15.7 Å². The normalized spacial score (nSPS) is 12.2. The largest absolute Gasteiger partial charge is 0.306 e. The molecule has 0 N–H and O–H groups in total. The highest BCUT2D eigenvalue weighted by Gasteiger charge is 2.27. The number of nitrogens with zero attached hydrogens (tertiary/aromatic N) is 2. The number of benzene rings is 1. The number of rotatable bonds is 5. The minimum Gasteiger partial charge on any atom is -0.258 e. The lowest BCUT2D eigenvalue weighted by Crippen LogP contribution is -2.30. The van der Waals surface area contributed by atoms with E-state index < -0.39 is 26.5 Å². The monoisotopic (exact) mass is 304 g/mol. The molecule has 20 heavy (non-hydrogen) atoms. The van der Waals surface area contributed by atoms with Gasteiger partial charge in [-0.05, 0) is 24.5 Å². The molecule has 0 aliphatic heterocycles. The molecule has 0 saturated carbocycles. The van der Waals surface area contributed by atoms with E-state index in [-0.39, 0.29) is 22.9 Å². The van der Waals surface area contributed by atoms with Crippen molar-refractivity contribution in [3.8, 4) is 0 Å². The lowest BCUT2D eigenvalue weighted by atomic mass is 10.2. The van der Waals surface area contributed by atoms with Crippen LogP contribution >= 0.6 is 0 Å². The molecule has 1 aromatic carbocycles. The first-order valence-corrected chi connectivity index (χ1v) is 7.42. The van der Waals surface area contributed by atoms with Gasteiger partial charge >= 0.3 is 5.69 Å². The van der Waals surface area contributed by atoms with E-state index in [0.717, 1.165) is 16.4 Å². The first-order chi connectivity index (χ1) is 9.07. The summed E-state index contributed by atoms with van der Waals surface area (Å²) in [5.41, 5.74) is -0.905. The highest BCUT2D eigenvalue weighted by molar-refractivity contribution is 7.89. The molecule has 0 atom stereocenters. The summed E-state index contributed by atoms with van der Waals surface area (Å²) in [6.45, 7) is 5.27. The molecule has 0 bridgehead atoms. The van der Waals surface area contributed by atoms with E-state index in [4.69, 9.17) is 0 Å². The van der Waals surface area contributed by atoms with Gasteiger partial charge in [-0.25, -0.2) is 12.7 Å². The molecule has 112 valence electrons. The Morgan fingerprint density at radius 1 is 1.40 bits per heavy atom. The van der Waals surface area contributed by atoms with E-state index in [1.807, 2.05) is 13.8 Å². The van der Waals surface area contributed by atoms with Crippen molar-refractivity contribution in [1.82, 2.24) is 4.31 Å². The second-order valence-electron chi connectivity index (χ2n) is 5.01. The SMILES string of the molecule is Cc1cc(S(=O)(=O)N(C)CC(C)C)cc([N+](=O)[O-])c1F. The minimum absolute atomic E-state index is 0.0734. The molecule has 0 aromatic heterocycles. The smallest absolute Gasteiger partial charge is 0.258 e. The second kappa shape index (κ2) is 5.84. The molecule has 0 aliphatic rings. The highest BCUT2D eigenvalue weighted by Crippen LogP contribution is 2.26. The Bertz CT molecular complexity index is 629. The molecule has 0 spiro atoms. The predicted molar refractivity (Wildman–Crippen MR) is 72.4 cm³/mol. The van der Waals surface area contributed by atoms with Crippen LogP contribution in [0.5, 0.6) is 0 Å². The zero-order valence-corrected chi connectivity index (χ0v) is 12.6. The van der Waals surface area contributed by atoms with Crippen LogP contribution in [0.4, 0.5) is 10.1 Å². The number of hydrogen-bond donors (Lipinski definition) is 0. The van der Waals surface area contributed by atoms with Gasteiger partial charge in [0.25, 0.3) is 0 Å². The van der Waals surface area contributed by atoms with E-state index in [0.29, 0.717) is 0 Å². The zero-order chi connectivity index (χ0) is 15.7. The summed E-state index contributed by atoms with van der Waals surface area (Å²) in [6.07, 6.45) is 0. The topological polar surface area (TPSA) is 80.5 Å². The third-order valence-corrected chi connectivity index (χ3v) is 4.54. The van der Waals surface area contributed by atoms with Crippen LogP contribution in [0.3, 0.4) is 0 Å². The molecule has 0 saturated heterocycles. The molecule has 6 nitrogen and oxygen atoms in total. The first-order valence-electron chi connectivity index (χ1n) is 5.98. The third kappa shape index (κ3) is 3.31. The fraction of sp³-hybridized carbons (Fsp3) is 0.500. The summed E-state index contributed by atoms with van der Waals surface area (Å²) in [5.74, 6) is -0.910. The average Bonchev–Trinajstić information content (AvgIpc) is 2.30. The molecule has 0 unspecified atom stereocenters. The van der Waals surface area contributed by atoms with Crippen molar-refractivity contribution in [3.63, 3.8) is 0 Å². The molecule has 1 aromatic rings. The Morgan fingerprint density at radius 2 is 1.95 bits per heavy atom. The maximum atomic E-state index is 13.6. The van der Waals surface area contributed by atoms with Crippen molar-refractivity contribution in [3.05, 3.63) is 33.6 Å². The van der Waals surface area contributed by atoms with E-state index in [2.05, 4.69) is 0 Å². The average molecular weight is 304 g/mol. The van der Waals surface area contributed by atoms with Crippen LogP contribution in [-0.2, 0) is 10.0 Å². The van der Waals surface area contributed by atoms with Gasteiger partial charge in [0.05, 0.1) is 9.82 Å². The van der Waals surface area contributed by atoms with Crippen LogP contribution in [0.2, 0.25) is 0 Å². The maximum absolute atomic E-state index is 13.6. The minimum atomic E-state index is -3.87. The van der Waals surface area contributed by atoms with Gasteiger partial charge in [-0.2, -0.15) is 4.39 Å². The Hall–Kier alpha value is -1.54. The number of halogens is 1. The van der Waals surface area contributed by atoms with Gasteiger partial charge in [0.15, 0.2) is 0 Å². The first kappa shape index (κ1) is 16.5. The van der Waals surface area contributed by atoms with Crippen LogP contribution in [0, 0.1) is 28.8 Å². The standard InChI is InChI=1S/C12H17FN2O4S/c1-8(2)7-14(4)20(18,19)10-5-9(3)12(13)11(6-10)15(16)17/h5-6,8H,7H2,1-4H3. The molecule has 0 aliphatic carbocycles. The lowest BCUT2D eigenvalue weighted by molar-refractivity contribution is -0.387. The Kier molecular flexibility index (Phi) is 4.82. The van der Waals surface area contributed by atoms with Gasteiger partial charge in [-0.15, -0.1) is 0 Å². The third-order valence-electron chi connectivity index (χ3n) is 2.74. The molecule has 0 amide bonds. The number of hydrogen-bond acceptors (Lipinski definition) is 4. The number of sulfonamides is 1. The molecule has 8 heteroatoms. The van der Waals surface area contributed by atoms with Crippen LogP contribution < -0.4 is 0 Å². The van der Waals surface area contributed by atoms with Gasteiger partial charge < -0.3 is 0 Å². The van der Waals surface area contributed by atoms with Gasteiger partial charge in [0.2, 0.25) is 15.8 Å². The molecule has 0 heterocycles. The maximum Gasteiger partial charge on any atom is 0.306 e. The van der Waals surface area contributed by atoms with Crippen LogP contribution in [0.15, 0.2) is 17.0 Å². The summed E-state index contributed by atoms with van der Waals surface area (Å²) in [4.78, 5) is 9.56. The van der Waals surface area contributed by atoms with Crippen molar-refractivity contribution in [1.29, 1.82) is 0 Å². The number of aryl methyl sites for hydroxylation is 1. The molecule has 0 fully saturated rings. The van der Waals surface area contributed by atoms with Crippen molar-refractivity contribution < 1.29 is 17.7 Å². The molecular weight excluding hydrogens is 287 g/mol. The summed E-state index contributed by atoms with van der Waals surface area (Å²) in [5, 5.41) is 10.8. The Morgan fingerprint density at radius 3 is 2.40 bits per heavy atom. The fourth-order valence-corrected chi connectivity index (χ4v) is 3.23. The summed E-state index contributed by atoms with van der Waals surface area (Å²) in [6, 6.07) is 1.86. The van der Waals surface area contributed by atoms with Crippen molar-refractivity contribution in [2.45, 2.75) is 25.7 Å². The summed E-state index contributed by atoms with van der Waals surface area (Å²) in [7, 11) is -2.48. The van der Waals surface area contributed by atoms with Crippen LogP contribution in [-0.4, -0.2) is 31.2 Å². The molecular formula is C12H17FN2O4S. The van der Waals surface area contributed by atoms with Gasteiger partial charge in [0, 0.05) is 19.7 Å². The van der Waals surface area contributed by atoms with Gasteiger partial charge in [0.1, 0.15) is 0 Å². The molecule has 0 radical (unpaired) electrons.